The molecule has 202 valence electrons. The van der Waals surface area contributed by atoms with Crippen LogP contribution in [0.4, 0.5) is 9.59 Å². The first-order valence-electron chi connectivity index (χ1n) is 12.5. The molecule has 0 fully saturated rings. The molecule has 0 bridgehead atoms. The number of hydrogen-bond donors (Lipinski definition) is 6. The third-order valence-electron chi connectivity index (χ3n) is 6.45. The highest BCUT2D eigenvalue weighted by Gasteiger charge is 2.36. The molecule has 9 nitrogen and oxygen atoms in total. The summed E-state index contributed by atoms with van der Waals surface area (Å²) < 4.78 is 0. The van der Waals surface area contributed by atoms with Crippen LogP contribution in [-0.2, 0) is 19.4 Å². The molecule has 38 heavy (non-hydrogen) atoms. The maximum absolute atomic E-state index is 11.3. The number of rotatable bonds is 14. The van der Waals surface area contributed by atoms with E-state index < -0.39 is 36.5 Å². The summed E-state index contributed by atoms with van der Waals surface area (Å²) in [6, 6.07) is 27.4. The molecule has 0 aliphatic heterocycles. The SMILES string of the molecule is O=C(O)NCC(O)C(Cc1ccccc1)N(Cc1ccccc1)C(Cc1ccccc1)[C@@H](O)CNC(=O)O. The quantitative estimate of drug-likeness (QED) is 0.191. The van der Waals surface area contributed by atoms with Crippen molar-refractivity contribution in [3.8, 4) is 0 Å². The maximum Gasteiger partial charge on any atom is 0.404 e. The second-order valence-corrected chi connectivity index (χ2v) is 9.18. The van der Waals surface area contributed by atoms with Gasteiger partial charge in [0.25, 0.3) is 0 Å². The molecule has 0 aromatic heterocycles. The van der Waals surface area contributed by atoms with E-state index in [-0.39, 0.29) is 13.1 Å². The van der Waals surface area contributed by atoms with Crippen LogP contribution in [0, 0.1) is 0 Å². The van der Waals surface area contributed by atoms with Crippen molar-refractivity contribution >= 4 is 12.2 Å². The molecular formula is C29H35N3O6. The second-order valence-electron chi connectivity index (χ2n) is 9.18. The number of carboxylic acid groups (broad SMARTS) is 2. The van der Waals surface area contributed by atoms with E-state index in [0.29, 0.717) is 19.4 Å². The summed E-state index contributed by atoms with van der Waals surface area (Å²) in [7, 11) is 0. The number of aliphatic hydroxyl groups excluding tert-OH is 2. The Morgan fingerprint density at radius 3 is 1.29 bits per heavy atom. The maximum atomic E-state index is 11.3. The van der Waals surface area contributed by atoms with Crippen LogP contribution >= 0.6 is 0 Å². The van der Waals surface area contributed by atoms with Crippen molar-refractivity contribution in [1.82, 2.24) is 15.5 Å². The van der Waals surface area contributed by atoms with Crippen LogP contribution < -0.4 is 10.6 Å². The van der Waals surface area contributed by atoms with Gasteiger partial charge in [0.15, 0.2) is 0 Å². The average Bonchev–Trinajstić information content (AvgIpc) is 2.92. The van der Waals surface area contributed by atoms with Gasteiger partial charge in [0.1, 0.15) is 0 Å². The fraction of sp³-hybridized carbons (Fsp3) is 0.310. The van der Waals surface area contributed by atoms with E-state index in [4.69, 9.17) is 0 Å². The van der Waals surface area contributed by atoms with Gasteiger partial charge in [-0.15, -0.1) is 0 Å². The minimum Gasteiger partial charge on any atom is -0.465 e. The third kappa shape index (κ3) is 9.19. The Hall–Kier alpha value is -3.92. The van der Waals surface area contributed by atoms with Crippen molar-refractivity contribution in [1.29, 1.82) is 0 Å². The lowest BCUT2D eigenvalue weighted by molar-refractivity contribution is -0.0253. The monoisotopic (exact) mass is 521 g/mol. The van der Waals surface area contributed by atoms with Crippen LogP contribution in [0.25, 0.3) is 0 Å². The van der Waals surface area contributed by atoms with Gasteiger partial charge in [-0.2, -0.15) is 0 Å². The lowest BCUT2D eigenvalue weighted by Gasteiger charge is -2.42. The van der Waals surface area contributed by atoms with Gasteiger partial charge in [-0.1, -0.05) is 91.0 Å². The van der Waals surface area contributed by atoms with Crippen LogP contribution in [0.5, 0.6) is 0 Å². The predicted molar refractivity (Wildman–Crippen MR) is 144 cm³/mol. The molecular weight excluding hydrogens is 486 g/mol. The molecule has 0 spiro atoms. The van der Waals surface area contributed by atoms with E-state index in [9.17, 15) is 30.0 Å². The molecule has 9 heteroatoms. The van der Waals surface area contributed by atoms with Crippen molar-refractivity contribution in [3.05, 3.63) is 108 Å². The van der Waals surface area contributed by atoms with Gasteiger partial charge >= 0.3 is 12.2 Å². The number of benzene rings is 3. The Morgan fingerprint density at radius 1 is 0.605 bits per heavy atom. The Bertz CT molecular complexity index is 1050. The van der Waals surface area contributed by atoms with Gasteiger partial charge in [-0.05, 0) is 29.5 Å². The first-order chi connectivity index (χ1) is 18.3. The highest BCUT2D eigenvalue weighted by molar-refractivity contribution is 5.64. The molecule has 6 N–H and O–H groups in total. The molecule has 0 saturated heterocycles. The van der Waals surface area contributed by atoms with Gasteiger partial charge in [-0.25, -0.2) is 9.59 Å². The van der Waals surface area contributed by atoms with Crippen molar-refractivity contribution < 1.29 is 30.0 Å². The van der Waals surface area contributed by atoms with Crippen LogP contribution in [0.1, 0.15) is 16.7 Å². The van der Waals surface area contributed by atoms with Crippen LogP contribution in [-0.4, -0.2) is 74.9 Å². The summed E-state index contributed by atoms with van der Waals surface area (Å²) >= 11 is 0. The van der Waals surface area contributed by atoms with Gasteiger partial charge < -0.3 is 31.1 Å². The zero-order valence-electron chi connectivity index (χ0n) is 21.1. The first kappa shape index (κ1) is 28.6. The second kappa shape index (κ2) is 14.7. The molecule has 0 heterocycles. The Kier molecular flexibility index (Phi) is 11.1. The Labute approximate surface area is 222 Å². The normalized spacial score (nSPS) is 14.3. The number of nitrogens with zero attached hydrogens (tertiary/aromatic N) is 1. The highest BCUT2D eigenvalue weighted by atomic mass is 16.4. The zero-order valence-corrected chi connectivity index (χ0v) is 21.1. The molecule has 4 atom stereocenters. The van der Waals surface area contributed by atoms with E-state index in [2.05, 4.69) is 10.6 Å². The topological polar surface area (TPSA) is 142 Å². The minimum absolute atomic E-state index is 0.209. The van der Waals surface area contributed by atoms with Crippen LogP contribution in [0.2, 0.25) is 0 Å². The Balaban J connectivity index is 2.06. The van der Waals surface area contributed by atoms with E-state index in [1.807, 2.05) is 95.9 Å². The van der Waals surface area contributed by atoms with Crippen LogP contribution in [0.3, 0.4) is 0 Å². The molecule has 3 aromatic carbocycles. The Morgan fingerprint density at radius 2 is 0.947 bits per heavy atom. The summed E-state index contributed by atoms with van der Waals surface area (Å²) in [5, 5.41) is 45.6. The number of amides is 2. The van der Waals surface area contributed by atoms with E-state index in [1.54, 1.807) is 0 Å². The summed E-state index contributed by atoms with van der Waals surface area (Å²) in [4.78, 5) is 24.4. The molecule has 2 amide bonds. The minimum atomic E-state index is -1.25. The third-order valence-corrected chi connectivity index (χ3v) is 6.45. The fourth-order valence-corrected chi connectivity index (χ4v) is 4.59. The molecule has 0 aliphatic rings. The molecule has 0 radical (unpaired) electrons. The molecule has 3 rings (SSSR count). The van der Waals surface area contributed by atoms with Gasteiger partial charge in [-0.3, -0.25) is 4.90 Å². The summed E-state index contributed by atoms with van der Waals surface area (Å²) in [5.74, 6) is 0. The van der Waals surface area contributed by atoms with Crippen molar-refractivity contribution in [2.24, 2.45) is 0 Å². The number of nitrogens with one attached hydrogen (secondary N) is 2. The van der Waals surface area contributed by atoms with E-state index >= 15 is 0 Å². The fourth-order valence-electron chi connectivity index (χ4n) is 4.59. The van der Waals surface area contributed by atoms with Crippen LogP contribution in [0.15, 0.2) is 91.0 Å². The lowest BCUT2D eigenvalue weighted by Crippen LogP contribution is -2.58. The molecule has 3 unspecified atom stereocenters. The van der Waals surface area contributed by atoms with Crippen molar-refractivity contribution in [3.63, 3.8) is 0 Å². The first-order valence-corrected chi connectivity index (χ1v) is 12.5. The molecule has 3 aromatic rings. The average molecular weight is 522 g/mol. The van der Waals surface area contributed by atoms with Crippen molar-refractivity contribution in [2.75, 3.05) is 13.1 Å². The smallest absolute Gasteiger partial charge is 0.404 e. The summed E-state index contributed by atoms with van der Waals surface area (Å²) in [6.45, 7) is -0.0800. The lowest BCUT2D eigenvalue weighted by atomic mass is 9.92. The zero-order chi connectivity index (χ0) is 27.3. The summed E-state index contributed by atoms with van der Waals surface area (Å²) in [5.41, 5.74) is 2.79. The van der Waals surface area contributed by atoms with E-state index in [0.717, 1.165) is 16.7 Å². The predicted octanol–water partition coefficient (Wildman–Crippen LogP) is 2.97. The van der Waals surface area contributed by atoms with Gasteiger partial charge in [0.05, 0.1) is 12.2 Å². The number of aliphatic hydroxyl groups is 2. The number of carbonyl (C=O) groups is 2. The van der Waals surface area contributed by atoms with Gasteiger partial charge in [0, 0.05) is 31.7 Å². The molecule has 0 aliphatic carbocycles. The molecule has 0 saturated carbocycles. The number of hydrogen-bond acceptors (Lipinski definition) is 5. The van der Waals surface area contributed by atoms with Crippen molar-refractivity contribution in [2.45, 2.75) is 43.7 Å². The van der Waals surface area contributed by atoms with E-state index in [1.165, 1.54) is 0 Å². The standard InChI is InChI=1S/C29H35N3O6/c33-26(18-30-28(35)36)24(16-21-10-4-1-5-11-21)32(20-23-14-8-3-9-15-23)25(27(34)19-31-29(37)38)17-22-12-6-2-7-13-22/h1-15,24-27,30-31,33-34H,16-20H2,(H,35,36)(H,37,38)/t24?,25?,26-,27?/m0/s1. The largest absolute Gasteiger partial charge is 0.465 e. The summed E-state index contributed by atoms with van der Waals surface area (Å²) in [6.07, 6.45) is -3.98. The highest BCUT2D eigenvalue weighted by Crippen LogP contribution is 2.24. The van der Waals surface area contributed by atoms with Gasteiger partial charge in [0.2, 0.25) is 0 Å².